The van der Waals surface area contributed by atoms with Crippen LogP contribution in [0.4, 0.5) is 5.82 Å². The van der Waals surface area contributed by atoms with Gasteiger partial charge < -0.3 is 15.2 Å². The molecule has 2 heterocycles. The maximum Gasteiger partial charge on any atom is 0.235 e. The Balaban J connectivity index is 1.67. The molecule has 0 aliphatic heterocycles. The van der Waals surface area contributed by atoms with E-state index in [1.165, 1.54) is 11.8 Å². The van der Waals surface area contributed by atoms with Gasteiger partial charge in [-0.2, -0.15) is 0 Å². The normalized spacial score (nSPS) is 11.7. The first kappa shape index (κ1) is 17.0. The Morgan fingerprint density at radius 2 is 1.96 bits per heavy atom. The van der Waals surface area contributed by atoms with Gasteiger partial charge in [0.2, 0.25) is 11.8 Å². The van der Waals surface area contributed by atoms with Gasteiger partial charge in [0.1, 0.15) is 5.76 Å². The number of rotatable bonds is 7. The predicted molar refractivity (Wildman–Crippen MR) is 88.0 cm³/mol. The van der Waals surface area contributed by atoms with Crippen molar-refractivity contribution in [3.05, 3.63) is 41.9 Å². The van der Waals surface area contributed by atoms with Crippen molar-refractivity contribution >= 4 is 29.4 Å². The molecule has 2 aromatic rings. The number of pyridine rings is 1. The number of hydrogen-bond acceptors (Lipinski definition) is 6. The van der Waals surface area contributed by atoms with Crippen molar-refractivity contribution in [1.29, 1.82) is 0 Å². The van der Waals surface area contributed by atoms with Gasteiger partial charge in [-0.3, -0.25) is 14.6 Å². The number of nitrogens with zero attached hydrogens (tertiary/aromatic N) is 2. The molecule has 1 atom stereocenters. The van der Waals surface area contributed by atoms with E-state index in [1.54, 1.807) is 25.4 Å². The number of aryl methyl sites for hydroxylation is 1. The van der Waals surface area contributed by atoms with Crippen molar-refractivity contribution < 1.29 is 14.1 Å². The quantitative estimate of drug-likeness (QED) is 0.803. The largest absolute Gasteiger partial charge is 0.360 e. The van der Waals surface area contributed by atoms with E-state index in [1.807, 2.05) is 19.1 Å². The molecule has 0 bridgehead atoms. The second-order valence-corrected chi connectivity index (χ2v) is 5.92. The number of carbonyl (C=O) groups excluding carboxylic acids is 2. The van der Waals surface area contributed by atoms with E-state index in [-0.39, 0.29) is 29.4 Å². The van der Waals surface area contributed by atoms with E-state index in [9.17, 15) is 9.59 Å². The van der Waals surface area contributed by atoms with Crippen molar-refractivity contribution in [2.24, 2.45) is 0 Å². The second-order valence-electron chi connectivity index (χ2n) is 4.93. The molecule has 0 fully saturated rings. The first-order valence-corrected chi connectivity index (χ1v) is 8.20. The molecule has 1 unspecified atom stereocenters. The van der Waals surface area contributed by atoms with Crippen LogP contribution in [0.25, 0.3) is 0 Å². The topological polar surface area (TPSA) is 97.1 Å². The van der Waals surface area contributed by atoms with Crippen LogP contribution in [-0.4, -0.2) is 33.5 Å². The standard InChI is InChI=1S/C15H18N4O3S/c1-10-7-13(19-22-10)18-15(21)9-23-8-14(20)17-11(2)12-3-5-16-6-4-12/h3-7,11H,8-9H2,1-2H3,(H,17,20)(H,18,19,21). The molecule has 0 aromatic carbocycles. The highest BCUT2D eigenvalue weighted by atomic mass is 32.2. The summed E-state index contributed by atoms with van der Waals surface area (Å²) < 4.78 is 4.85. The Labute approximate surface area is 138 Å². The molecule has 2 amide bonds. The molecule has 0 aliphatic carbocycles. The lowest BCUT2D eigenvalue weighted by molar-refractivity contribution is -0.119. The first-order valence-electron chi connectivity index (χ1n) is 7.05. The number of anilines is 1. The molecule has 0 radical (unpaired) electrons. The zero-order valence-corrected chi connectivity index (χ0v) is 13.7. The summed E-state index contributed by atoms with van der Waals surface area (Å²) in [5.41, 5.74) is 0.984. The number of hydrogen-bond donors (Lipinski definition) is 2. The van der Waals surface area contributed by atoms with E-state index in [0.29, 0.717) is 11.6 Å². The molecule has 0 saturated heterocycles. The molecule has 2 aromatic heterocycles. The van der Waals surface area contributed by atoms with Crippen LogP contribution in [0.3, 0.4) is 0 Å². The number of amides is 2. The van der Waals surface area contributed by atoms with Crippen LogP contribution < -0.4 is 10.6 Å². The van der Waals surface area contributed by atoms with Crippen molar-refractivity contribution in [1.82, 2.24) is 15.5 Å². The van der Waals surface area contributed by atoms with E-state index >= 15 is 0 Å². The van der Waals surface area contributed by atoms with E-state index < -0.39 is 0 Å². The fourth-order valence-corrected chi connectivity index (χ4v) is 2.49. The lowest BCUT2D eigenvalue weighted by Gasteiger charge is -2.13. The molecule has 0 saturated carbocycles. The van der Waals surface area contributed by atoms with Gasteiger partial charge in [0.15, 0.2) is 5.82 Å². The van der Waals surface area contributed by atoms with Gasteiger partial charge in [-0.05, 0) is 31.5 Å². The lowest BCUT2D eigenvalue weighted by atomic mass is 10.1. The smallest absolute Gasteiger partial charge is 0.235 e. The molecular formula is C15H18N4O3S. The summed E-state index contributed by atoms with van der Waals surface area (Å²) in [7, 11) is 0. The van der Waals surface area contributed by atoms with Crippen LogP contribution in [0.1, 0.15) is 24.3 Å². The van der Waals surface area contributed by atoms with Crippen LogP contribution in [0.2, 0.25) is 0 Å². The zero-order valence-electron chi connectivity index (χ0n) is 12.9. The average molecular weight is 334 g/mol. The van der Waals surface area contributed by atoms with Gasteiger partial charge in [0.05, 0.1) is 17.5 Å². The van der Waals surface area contributed by atoms with E-state index in [4.69, 9.17) is 4.52 Å². The van der Waals surface area contributed by atoms with Crippen LogP contribution in [0, 0.1) is 6.92 Å². The summed E-state index contributed by atoms with van der Waals surface area (Å²) in [4.78, 5) is 27.5. The van der Waals surface area contributed by atoms with Crippen LogP contribution in [0.5, 0.6) is 0 Å². The number of carbonyl (C=O) groups is 2. The lowest BCUT2D eigenvalue weighted by Crippen LogP contribution is -2.28. The second kappa shape index (κ2) is 8.33. The van der Waals surface area contributed by atoms with Gasteiger partial charge >= 0.3 is 0 Å². The monoisotopic (exact) mass is 334 g/mol. The zero-order chi connectivity index (χ0) is 16.7. The van der Waals surface area contributed by atoms with E-state index in [2.05, 4.69) is 20.8 Å². The third kappa shape index (κ3) is 5.74. The third-order valence-corrected chi connectivity index (χ3v) is 3.88. The van der Waals surface area contributed by atoms with Gasteiger partial charge in [0, 0.05) is 18.5 Å². The van der Waals surface area contributed by atoms with Gasteiger partial charge in [0.25, 0.3) is 0 Å². The predicted octanol–water partition coefficient (Wildman–Crippen LogP) is 1.93. The van der Waals surface area contributed by atoms with Crippen molar-refractivity contribution in [3.8, 4) is 0 Å². The average Bonchev–Trinajstić information content (AvgIpc) is 2.93. The molecule has 8 heteroatoms. The Morgan fingerprint density at radius 1 is 1.26 bits per heavy atom. The molecule has 23 heavy (non-hydrogen) atoms. The highest BCUT2D eigenvalue weighted by molar-refractivity contribution is 8.00. The molecule has 122 valence electrons. The molecule has 2 rings (SSSR count). The number of aromatic nitrogens is 2. The molecule has 0 aliphatic rings. The van der Waals surface area contributed by atoms with Crippen LogP contribution >= 0.6 is 11.8 Å². The molecule has 2 N–H and O–H groups in total. The fraction of sp³-hybridized carbons (Fsp3) is 0.333. The maximum absolute atomic E-state index is 11.9. The Morgan fingerprint density at radius 3 is 2.61 bits per heavy atom. The fourth-order valence-electron chi connectivity index (χ4n) is 1.86. The summed E-state index contributed by atoms with van der Waals surface area (Å²) in [5.74, 6) is 1.04. The van der Waals surface area contributed by atoms with Gasteiger partial charge in [-0.1, -0.05) is 5.16 Å². The van der Waals surface area contributed by atoms with Crippen LogP contribution in [0.15, 0.2) is 35.1 Å². The Hall–Kier alpha value is -2.35. The number of nitrogens with one attached hydrogen (secondary N) is 2. The molecule has 7 nitrogen and oxygen atoms in total. The van der Waals surface area contributed by atoms with Crippen LogP contribution in [-0.2, 0) is 9.59 Å². The van der Waals surface area contributed by atoms with Crippen molar-refractivity contribution in [3.63, 3.8) is 0 Å². The van der Waals surface area contributed by atoms with E-state index in [0.717, 1.165) is 5.56 Å². The highest BCUT2D eigenvalue weighted by Crippen LogP contribution is 2.11. The van der Waals surface area contributed by atoms with Gasteiger partial charge in [-0.25, -0.2) is 0 Å². The maximum atomic E-state index is 11.9. The summed E-state index contributed by atoms with van der Waals surface area (Å²) in [6.45, 7) is 3.64. The summed E-state index contributed by atoms with van der Waals surface area (Å²) in [6.07, 6.45) is 3.37. The van der Waals surface area contributed by atoms with Gasteiger partial charge in [-0.15, -0.1) is 11.8 Å². The summed E-state index contributed by atoms with van der Waals surface area (Å²) >= 11 is 1.24. The SMILES string of the molecule is Cc1cc(NC(=O)CSCC(=O)NC(C)c2ccncc2)no1. The van der Waals surface area contributed by atoms with Crippen molar-refractivity contribution in [2.75, 3.05) is 16.8 Å². The minimum Gasteiger partial charge on any atom is -0.360 e. The summed E-state index contributed by atoms with van der Waals surface area (Å²) in [5, 5.41) is 9.15. The number of thioether (sulfide) groups is 1. The molecular weight excluding hydrogens is 316 g/mol. The third-order valence-electron chi connectivity index (χ3n) is 2.95. The minimum atomic E-state index is -0.224. The molecule has 0 spiro atoms. The first-order chi connectivity index (χ1) is 11.0. The van der Waals surface area contributed by atoms with Crippen molar-refractivity contribution in [2.45, 2.75) is 19.9 Å². The highest BCUT2D eigenvalue weighted by Gasteiger charge is 2.11. The minimum absolute atomic E-state index is 0.0990. The Bertz CT molecular complexity index is 660. The summed E-state index contributed by atoms with van der Waals surface area (Å²) in [6, 6.07) is 5.24. The Kier molecular flexibility index (Phi) is 6.16.